The molecule has 0 radical (unpaired) electrons. The first-order valence-electron chi connectivity index (χ1n) is 4.08. The van der Waals surface area contributed by atoms with Crippen molar-refractivity contribution in [1.29, 1.82) is 0 Å². The normalized spacial score (nSPS) is 12.8. The Hall–Kier alpha value is -1.38. The van der Waals surface area contributed by atoms with Gasteiger partial charge in [0.05, 0.1) is 0 Å². The molecule has 0 bridgehead atoms. The Morgan fingerprint density at radius 2 is 2.00 bits per heavy atom. The van der Waals surface area contributed by atoms with E-state index in [4.69, 9.17) is 5.11 Å². The molecule has 0 heterocycles. The molecule has 0 rings (SSSR count). The van der Waals surface area contributed by atoms with Crippen LogP contribution in [-0.4, -0.2) is 17.4 Å². The molecule has 1 N–H and O–H groups in total. The van der Waals surface area contributed by atoms with Crippen molar-refractivity contribution in [3.8, 4) is 0 Å². The lowest BCUT2D eigenvalue weighted by atomic mass is 10.1. The van der Waals surface area contributed by atoms with Gasteiger partial charge in [0, 0.05) is 6.08 Å². The van der Waals surface area contributed by atoms with E-state index in [0.717, 1.165) is 11.9 Å². The molecule has 3 heteroatoms. The maximum absolute atomic E-state index is 10.2. The third kappa shape index (κ3) is 7.00. The van der Waals surface area contributed by atoms with Crippen molar-refractivity contribution in [3.05, 3.63) is 23.3 Å². The monoisotopic (exact) mass is 182 g/mol. The SMILES string of the molecule is C/C(C=O)=C\CC/C(C)=C/C(=O)O. The quantitative estimate of drug-likeness (QED) is 0.522. The minimum absolute atomic E-state index is 0.678. The lowest BCUT2D eigenvalue weighted by molar-refractivity contribution is -0.131. The molecular weight excluding hydrogens is 168 g/mol. The average Bonchev–Trinajstić information content (AvgIpc) is 2.02. The van der Waals surface area contributed by atoms with E-state index in [-0.39, 0.29) is 0 Å². The van der Waals surface area contributed by atoms with E-state index in [0.29, 0.717) is 18.4 Å². The smallest absolute Gasteiger partial charge is 0.328 e. The molecule has 0 aromatic carbocycles. The van der Waals surface area contributed by atoms with E-state index < -0.39 is 5.97 Å². The van der Waals surface area contributed by atoms with Gasteiger partial charge in [-0.05, 0) is 32.3 Å². The Kier molecular flexibility index (Phi) is 5.52. The van der Waals surface area contributed by atoms with E-state index in [1.807, 2.05) is 0 Å². The average molecular weight is 182 g/mol. The van der Waals surface area contributed by atoms with Gasteiger partial charge in [0.15, 0.2) is 0 Å². The molecule has 0 fully saturated rings. The molecule has 0 aliphatic rings. The second kappa shape index (κ2) is 6.17. The highest BCUT2D eigenvalue weighted by atomic mass is 16.4. The highest BCUT2D eigenvalue weighted by Crippen LogP contribution is 2.05. The van der Waals surface area contributed by atoms with Gasteiger partial charge in [0.25, 0.3) is 0 Å². The van der Waals surface area contributed by atoms with Gasteiger partial charge in [-0.3, -0.25) is 4.79 Å². The minimum atomic E-state index is -0.923. The largest absolute Gasteiger partial charge is 0.478 e. The van der Waals surface area contributed by atoms with Crippen molar-refractivity contribution in [1.82, 2.24) is 0 Å². The molecule has 0 aromatic rings. The molecule has 0 unspecified atom stereocenters. The van der Waals surface area contributed by atoms with Crippen LogP contribution >= 0.6 is 0 Å². The van der Waals surface area contributed by atoms with Crippen LogP contribution in [0, 0.1) is 0 Å². The van der Waals surface area contributed by atoms with Gasteiger partial charge in [-0.15, -0.1) is 0 Å². The Morgan fingerprint density at radius 3 is 2.46 bits per heavy atom. The van der Waals surface area contributed by atoms with Gasteiger partial charge in [0.1, 0.15) is 6.29 Å². The Bertz CT molecular complexity index is 249. The predicted octanol–water partition coefficient (Wildman–Crippen LogP) is 1.94. The van der Waals surface area contributed by atoms with Gasteiger partial charge in [-0.1, -0.05) is 11.6 Å². The number of aldehydes is 1. The molecule has 0 spiro atoms. The third-order valence-corrected chi connectivity index (χ3v) is 1.56. The Labute approximate surface area is 77.8 Å². The summed E-state index contributed by atoms with van der Waals surface area (Å²) < 4.78 is 0. The van der Waals surface area contributed by atoms with Gasteiger partial charge in [-0.2, -0.15) is 0 Å². The number of rotatable bonds is 5. The van der Waals surface area contributed by atoms with E-state index in [1.165, 1.54) is 6.08 Å². The van der Waals surface area contributed by atoms with E-state index in [1.54, 1.807) is 19.9 Å². The zero-order chi connectivity index (χ0) is 10.3. The molecular formula is C10H14O3. The molecule has 0 saturated heterocycles. The van der Waals surface area contributed by atoms with Crippen molar-refractivity contribution in [3.63, 3.8) is 0 Å². The summed E-state index contributed by atoms with van der Waals surface area (Å²) in [4.78, 5) is 20.4. The van der Waals surface area contributed by atoms with E-state index in [2.05, 4.69) is 0 Å². The summed E-state index contributed by atoms with van der Waals surface area (Å²) in [5.74, 6) is -0.923. The molecule has 13 heavy (non-hydrogen) atoms. The number of allylic oxidation sites excluding steroid dienone is 3. The summed E-state index contributed by atoms with van der Waals surface area (Å²) in [6.07, 6.45) is 5.16. The fraction of sp³-hybridized carbons (Fsp3) is 0.400. The predicted molar refractivity (Wildman–Crippen MR) is 50.4 cm³/mol. The second-order valence-electron chi connectivity index (χ2n) is 2.93. The van der Waals surface area contributed by atoms with Gasteiger partial charge in [0.2, 0.25) is 0 Å². The highest BCUT2D eigenvalue weighted by molar-refractivity contribution is 5.80. The summed E-state index contributed by atoms with van der Waals surface area (Å²) >= 11 is 0. The van der Waals surface area contributed by atoms with Crippen LogP contribution in [0.2, 0.25) is 0 Å². The first kappa shape index (κ1) is 11.6. The molecule has 72 valence electrons. The van der Waals surface area contributed by atoms with Crippen molar-refractivity contribution < 1.29 is 14.7 Å². The van der Waals surface area contributed by atoms with Crippen molar-refractivity contribution in [2.75, 3.05) is 0 Å². The lowest BCUT2D eigenvalue weighted by Crippen LogP contribution is -1.89. The fourth-order valence-corrected chi connectivity index (χ4v) is 0.859. The van der Waals surface area contributed by atoms with Crippen molar-refractivity contribution in [2.24, 2.45) is 0 Å². The Morgan fingerprint density at radius 1 is 1.38 bits per heavy atom. The van der Waals surface area contributed by atoms with Crippen LogP contribution in [0.4, 0.5) is 0 Å². The summed E-state index contributed by atoms with van der Waals surface area (Å²) in [5.41, 5.74) is 1.49. The maximum Gasteiger partial charge on any atom is 0.328 e. The summed E-state index contributed by atoms with van der Waals surface area (Å²) in [6.45, 7) is 3.49. The second-order valence-corrected chi connectivity index (χ2v) is 2.93. The number of carboxylic acids is 1. The zero-order valence-electron chi connectivity index (χ0n) is 7.91. The van der Waals surface area contributed by atoms with Crippen LogP contribution in [0.15, 0.2) is 23.3 Å². The fourth-order valence-electron chi connectivity index (χ4n) is 0.859. The van der Waals surface area contributed by atoms with Crippen LogP contribution in [0.25, 0.3) is 0 Å². The molecule has 0 aromatic heterocycles. The molecule has 3 nitrogen and oxygen atoms in total. The third-order valence-electron chi connectivity index (χ3n) is 1.56. The maximum atomic E-state index is 10.2. The van der Waals surface area contributed by atoms with Crippen LogP contribution in [-0.2, 0) is 9.59 Å². The number of carboxylic acid groups (broad SMARTS) is 1. The number of aliphatic carboxylic acids is 1. The summed E-state index contributed by atoms with van der Waals surface area (Å²) in [7, 11) is 0. The summed E-state index contributed by atoms with van der Waals surface area (Å²) in [6, 6.07) is 0. The van der Waals surface area contributed by atoms with Gasteiger partial charge >= 0.3 is 5.97 Å². The number of carbonyl (C=O) groups excluding carboxylic acids is 1. The number of carbonyl (C=O) groups is 2. The van der Waals surface area contributed by atoms with E-state index in [9.17, 15) is 9.59 Å². The number of hydrogen-bond donors (Lipinski definition) is 1. The lowest BCUT2D eigenvalue weighted by Gasteiger charge is -1.95. The molecule has 0 atom stereocenters. The Balaban J connectivity index is 3.90. The summed E-state index contributed by atoms with van der Waals surface area (Å²) in [5, 5.41) is 8.39. The van der Waals surface area contributed by atoms with Gasteiger partial charge in [-0.25, -0.2) is 4.79 Å². The molecule has 0 saturated carbocycles. The van der Waals surface area contributed by atoms with Crippen LogP contribution in [0.1, 0.15) is 26.7 Å². The van der Waals surface area contributed by atoms with Crippen molar-refractivity contribution in [2.45, 2.75) is 26.7 Å². The molecule has 0 aliphatic carbocycles. The molecule has 0 amide bonds. The topological polar surface area (TPSA) is 54.4 Å². The zero-order valence-corrected chi connectivity index (χ0v) is 7.91. The number of hydrogen-bond acceptors (Lipinski definition) is 2. The minimum Gasteiger partial charge on any atom is -0.478 e. The standard InChI is InChI=1S/C10H14O3/c1-8(6-10(12)13)4-3-5-9(2)7-11/h5-7H,3-4H2,1-2H3,(H,12,13)/b8-6+,9-5+. The van der Waals surface area contributed by atoms with Crippen LogP contribution in [0.3, 0.4) is 0 Å². The van der Waals surface area contributed by atoms with Crippen molar-refractivity contribution >= 4 is 12.3 Å². The van der Waals surface area contributed by atoms with Crippen LogP contribution in [0.5, 0.6) is 0 Å². The van der Waals surface area contributed by atoms with Gasteiger partial charge < -0.3 is 5.11 Å². The first-order chi connectivity index (χ1) is 6.06. The first-order valence-corrected chi connectivity index (χ1v) is 4.08. The van der Waals surface area contributed by atoms with Crippen LogP contribution < -0.4 is 0 Å². The molecule has 0 aliphatic heterocycles. The van der Waals surface area contributed by atoms with E-state index >= 15 is 0 Å². The highest BCUT2D eigenvalue weighted by Gasteiger charge is 1.93.